The lowest BCUT2D eigenvalue weighted by molar-refractivity contribution is -0.132. The van der Waals surface area contributed by atoms with E-state index in [1.807, 2.05) is 45.0 Å². The molecule has 0 saturated carbocycles. The predicted octanol–water partition coefficient (Wildman–Crippen LogP) is 6.97. The van der Waals surface area contributed by atoms with Crippen molar-refractivity contribution in [3.63, 3.8) is 0 Å². The molecule has 1 aliphatic rings. The maximum absolute atomic E-state index is 13.3. The molecule has 0 aromatic heterocycles. The van der Waals surface area contributed by atoms with E-state index in [9.17, 15) is 14.7 Å². The number of rotatable bonds is 6. The number of anilines is 1. The largest absolute Gasteiger partial charge is 0.507 e. The lowest BCUT2D eigenvalue weighted by atomic mass is 9.94. The van der Waals surface area contributed by atoms with Crippen LogP contribution in [0.4, 0.5) is 5.69 Å². The summed E-state index contributed by atoms with van der Waals surface area (Å²) in [6, 6.07) is 18.4. The van der Waals surface area contributed by atoms with Crippen LogP contribution < -0.4 is 9.64 Å². The van der Waals surface area contributed by atoms with E-state index in [1.165, 1.54) is 17.0 Å². The summed E-state index contributed by atoms with van der Waals surface area (Å²) in [7, 11) is 0. The lowest BCUT2D eigenvalue weighted by Crippen LogP contribution is -2.29. The summed E-state index contributed by atoms with van der Waals surface area (Å²) in [5.74, 6) is -1.16. The zero-order chi connectivity index (χ0) is 25.3. The highest BCUT2D eigenvalue weighted by atomic mass is 35.5. The van der Waals surface area contributed by atoms with Gasteiger partial charge in [0.2, 0.25) is 0 Å². The molecule has 0 bridgehead atoms. The van der Waals surface area contributed by atoms with Crippen molar-refractivity contribution in [2.24, 2.45) is 0 Å². The Morgan fingerprint density at radius 1 is 0.971 bits per heavy atom. The smallest absolute Gasteiger partial charge is 0.300 e. The highest BCUT2D eigenvalue weighted by Crippen LogP contribution is 2.43. The molecule has 3 aromatic carbocycles. The molecule has 0 aliphatic carbocycles. The van der Waals surface area contributed by atoms with E-state index in [0.717, 1.165) is 12.0 Å². The Hall–Kier alpha value is -3.28. The van der Waals surface area contributed by atoms with E-state index in [0.29, 0.717) is 27.6 Å². The van der Waals surface area contributed by atoms with Crippen LogP contribution in [0.25, 0.3) is 5.76 Å². The molecule has 1 amide bonds. The van der Waals surface area contributed by atoms with Crippen LogP contribution in [0.3, 0.4) is 0 Å². The molecule has 180 valence electrons. The number of ether oxygens (including phenoxy) is 1. The third kappa shape index (κ3) is 4.93. The zero-order valence-electron chi connectivity index (χ0n) is 19.6. The highest BCUT2D eigenvalue weighted by Gasteiger charge is 2.47. The Labute approximate surface area is 214 Å². The van der Waals surface area contributed by atoms with Gasteiger partial charge in [-0.3, -0.25) is 14.5 Å². The van der Waals surface area contributed by atoms with Gasteiger partial charge in [-0.1, -0.05) is 54.4 Å². The van der Waals surface area contributed by atoms with Crippen molar-refractivity contribution in [1.82, 2.24) is 0 Å². The predicted molar refractivity (Wildman–Crippen MR) is 139 cm³/mol. The first-order valence-electron chi connectivity index (χ1n) is 11.3. The topological polar surface area (TPSA) is 66.8 Å². The molecule has 1 atom stereocenters. The minimum Gasteiger partial charge on any atom is -0.507 e. The van der Waals surface area contributed by atoms with Crippen molar-refractivity contribution in [2.45, 2.75) is 39.3 Å². The SMILES string of the molecule is CCc1ccc(C2/C(=C(/O)c3ccc(Cl)c(Cl)c3)C(=O)C(=O)N2c2ccc(OC(C)C)cc2)cc1. The minimum atomic E-state index is -0.827. The molecule has 0 radical (unpaired) electrons. The maximum atomic E-state index is 13.3. The van der Waals surface area contributed by atoms with Crippen LogP contribution in [0.1, 0.15) is 43.5 Å². The molecule has 1 N–H and O–H groups in total. The van der Waals surface area contributed by atoms with E-state index in [-0.39, 0.29) is 22.5 Å². The normalized spacial score (nSPS) is 17.3. The Balaban J connectivity index is 1.87. The van der Waals surface area contributed by atoms with Gasteiger partial charge in [0, 0.05) is 11.3 Å². The van der Waals surface area contributed by atoms with Crippen LogP contribution in [0.5, 0.6) is 5.75 Å². The average molecular weight is 510 g/mol. The van der Waals surface area contributed by atoms with E-state index >= 15 is 0 Å². The number of aliphatic hydroxyl groups is 1. The number of halogens is 2. The summed E-state index contributed by atoms with van der Waals surface area (Å²) >= 11 is 12.2. The molecule has 1 fully saturated rings. The Bertz CT molecular complexity index is 1300. The van der Waals surface area contributed by atoms with Gasteiger partial charge < -0.3 is 9.84 Å². The lowest BCUT2D eigenvalue weighted by Gasteiger charge is -2.26. The molecule has 3 aromatic rings. The number of nitrogens with zero attached hydrogens (tertiary/aromatic N) is 1. The van der Waals surface area contributed by atoms with Gasteiger partial charge in [-0.25, -0.2) is 0 Å². The second-order valence-electron chi connectivity index (χ2n) is 8.55. The molecule has 1 unspecified atom stereocenters. The summed E-state index contributed by atoms with van der Waals surface area (Å²) in [6.45, 7) is 5.90. The Morgan fingerprint density at radius 3 is 2.20 bits per heavy atom. The first-order valence-corrected chi connectivity index (χ1v) is 12.1. The molecule has 4 rings (SSSR count). The fraction of sp³-hybridized carbons (Fsp3) is 0.214. The van der Waals surface area contributed by atoms with Crippen molar-refractivity contribution in [1.29, 1.82) is 0 Å². The maximum Gasteiger partial charge on any atom is 0.300 e. The van der Waals surface area contributed by atoms with Gasteiger partial charge >= 0.3 is 0 Å². The zero-order valence-corrected chi connectivity index (χ0v) is 21.1. The quantitative estimate of drug-likeness (QED) is 0.221. The van der Waals surface area contributed by atoms with E-state index in [1.54, 1.807) is 30.3 Å². The summed E-state index contributed by atoms with van der Waals surface area (Å²) in [6.07, 6.45) is 0.847. The second-order valence-corrected chi connectivity index (χ2v) is 9.37. The standard InChI is InChI=1S/C28H25Cl2NO4/c1-4-17-5-7-18(8-6-17)25-24(26(32)19-9-14-22(29)23(30)15-19)27(33)28(34)31(25)20-10-12-21(13-11-20)35-16(2)3/h5-16,25,32H,4H2,1-3H3/b26-24-. The number of ketones is 1. The Kier molecular flexibility index (Phi) is 7.20. The number of benzene rings is 3. The van der Waals surface area contributed by atoms with Crippen LogP contribution >= 0.6 is 23.2 Å². The van der Waals surface area contributed by atoms with E-state index < -0.39 is 17.7 Å². The number of carbonyl (C=O) groups is 2. The molecule has 1 aliphatic heterocycles. The number of aryl methyl sites for hydroxylation is 1. The van der Waals surface area contributed by atoms with Crippen LogP contribution in [0, 0.1) is 0 Å². The van der Waals surface area contributed by atoms with Crippen LogP contribution in [-0.2, 0) is 16.0 Å². The fourth-order valence-electron chi connectivity index (χ4n) is 4.11. The summed E-state index contributed by atoms with van der Waals surface area (Å²) in [5, 5.41) is 11.8. The number of amides is 1. The van der Waals surface area contributed by atoms with Gasteiger partial charge in [0.1, 0.15) is 11.5 Å². The van der Waals surface area contributed by atoms with Crippen LogP contribution in [-0.4, -0.2) is 22.9 Å². The van der Waals surface area contributed by atoms with Gasteiger partial charge in [0.05, 0.1) is 27.8 Å². The van der Waals surface area contributed by atoms with Crippen molar-refractivity contribution in [2.75, 3.05) is 4.90 Å². The van der Waals surface area contributed by atoms with Gasteiger partial charge in [-0.05, 0) is 73.9 Å². The molecular weight excluding hydrogens is 485 g/mol. The molecule has 1 saturated heterocycles. The van der Waals surface area contributed by atoms with Gasteiger partial charge in [-0.15, -0.1) is 0 Å². The second kappa shape index (κ2) is 10.1. The van der Waals surface area contributed by atoms with Gasteiger partial charge in [0.15, 0.2) is 0 Å². The minimum absolute atomic E-state index is 0.00152. The number of hydrogen-bond acceptors (Lipinski definition) is 4. The average Bonchev–Trinajstić information content (AvgIpc) is 3.11. The van der Waals surface area contributed by atoms with E-state index in [4.69, 9.17) is 27.9 Å². The molecule has 35 heavy (non-hydrogen) atoms. The first-order chi connectivity index (χ1) is 16.7. The third-order valence-corrected chi connectivity index (χ3v) is 6.57. The monoisotopic (exact) mass is 509 g/mol. The number of Topliss-reactive ketones (excluding diaryl/α,β-unsaturated/α-hetero) is 1. The number of aliphatic hydroxyl groups excluding tert-OH is 1. The highest BCUT2D eigenvalue weighted by molar-refractivity contribution is 6.51. The van der Waals surface area contributed by atoms with Crippen LogP contribution in [0.15, 0.2) is 72.3 Å². The summed E-state index contributed by atoms with van der Waals surface area (Å²) in [5.41, 5.74) is 2.62. The molecule has 1 heterocycles. The molecule has 7 heteroatoms. The summed E-state index contributed by atoms with van der Waals surface area (Å²) in [4.78, 5) is 28.0. The summed E-state index contributed by atoms with van der Waals surface area (Å²) < 4.78 is 5.71. The third-order valence-electron chi connectivity index (χ3n) is 5.83. The fourth-order valence-corrected chi connectivity index (χ4v) is 4.40. The first kappa shape index (κ1) is 24.8. The molecule has 5 nitrogen and oxygen atoms in total. The van der Waals surface area contributed by atoms with Crippen LogP contribution in [0.2, 0.25) is 10.0 Å². The number of hydrogen-bond donors (Lipinski definition) is 1. The molecule has 0 spiro atoms. The number of carbonyl (C=O) groups excluding carboxylic acids is 2. The van der Waals surface area contributed by atoms with Crippen molar-refractivity contribution >= 4 is 46.3 Å². The Morgan fingerprint density at radius 2 is 1.63 bits per heavy atom. The van der Waals surface area contributed by atoms with Crippen molar-refractivity contribution in [3.8, 4) is 5.75 Å². The van der Waals surface area contributed by atoms with Crippen molar-refractivity contribution < 1.29 is 19.4 Å². The molecular formula is C28H25Cl2NO4. The van der Waals surface area contributed by atoms with Gasteiger partial charge in [-0.2, -0.15) is 0 Å². The van der Waals surface area contributed by atoms with Crippen molar-refractivity contribution in [3.05, 3.63) is 99.0 Å². The van der Waals surface area contributed by atoms with Gasteiger partial charge in [0.25, 0.3) is 11.7 Å². The van der Waals surface area contributed by atoms with E-state index in [2.05, 4.69) is 0 Å².